The van der Waals surface area contributed by atoms with Crippen molar-refractivity contribution in [3.63, 3.8) is 0 Å². The summed E-state index contributed by atoms with van der Waals surface area (Å²) >= 11 is 0. The van der Waals surface area contributed by atoms with E-state index >= 15 is 0 Å². The van der Waals surface area contributed by atoms with E-state index in [1.807, 2.05) is 25.1 Å². The van der Waals surface area contributed by atoms with E-state index < -0.39 is 0 Å². The first-order chi connectivity index (χ1) is 13.7. The molecule has 0 bridgehead atoms. The van der Waals surface area contributed by atoms with E-state index in [4.69, 9.17) is 9.47 Å². The van der Waals surface area contributed by atoms with Gasteiger partial charge in [-0.2, -0.15) is 0 Å². The third-order valence-electron chi connectivity index (χ3n) is 4.63. The van der Waals surface area contributed by atoms with Crippen LogP contribution in [0.4, 0.5) is 5.69 Å². The molecule has 1 fully saturated rings. The summed E-state index contributed by atoms with van der Waals surface area (Å²) in [5, 5.41) is 14.1. The van der Waals surface area contributed by atoms with Gasteiger partial charge in [0.1, 0.15) is 18.7 Å². The monoisotopic (exact) mass is 379 g/mol. The third-order valence-corrected chi connectivity index (χ3v) is 4.63. The zero-order valence-corrected chi connectivity index (χ0v) is 15.5. The number of rotatable bonds is 6. The maximum Gasteiger partial charge on any atom is 0.255 e. The van der Waals surface area contributed by atoms with Crippen LogP contribution in [-0.2, 0) is 4.74 Å². The third kappa shape index (κ3) is 4.17. The highest BCUT2D eigenvalue weighted by atomic mass is 16.5. The van der Waals surface area contributed by atoms with Gasteiger partial charge in [-0.25, -0.2) is 4.68 Å². The van der Waals surface area contributed by atoms with Gasteiger partial charge in [0.2, 0.25) is 0 Å². The summed E-state index contributed by atoms with van der Waals surface area (Å²) in [5.41, 5.74) is 3.07. The zero-order valence-electron chi connectivity index (χ0n) is 15.5. The number of ether oxygens (including phenoxy) is 2. The normalized spacial score (nSPS) is 16.1. The number of aryl methyl sites for hydroxylation is 1. The molecule has 1 unspecified atom stereocenters. The Labute approximate surface area is 162 Å². The van der Waals surface area contributed by atoms with E-state index in [0.717, 1.165) is 36.4 Å². The van der Waals surface area contributed by atoms with Crippen molar-refractivity contribution in [3.8, 4) is 11.4 Å². The van der Waals surface area contributed by atoms with Gasteiger partial charge in [-0.15, -0.1) is 5.10 Å². The molecule has 1 atom stereocenters. The molecule has 28 heavy (non-hydrogen) atoms. The number of anilines is 1. The molecule has 2 heterocycles. The second-order valence-electron chi connectivity index (χ2n) is 6.68. The average molecular weight is 379 g/mol. The van der Waals surface area contributed by atoms with Crippen molar-refractivity contribution in [1.29, 1.82) is 0 Å². The van der Waals surface area contributed by atoms with Crippen molar-refractivity contribution >= 4 is 11.6 Å². The highest BCUT2D eigenvalue weighted by molar-refractivity contribution is 6.04. The van der Waals surface area contributed by atoms with Crippen LogP contribution in [0.3, 0.4) is 0 Å². The number of hydrogen-bond acceptors (Lipinski definition) is 6. The Kier molecular flexibility index (Phi) is 5.29. The van der Waals surface area contributed by atoms with Crippen LogP contribution >= 0.6 is 0 Å². The Morgan fingerprint density at radius 2 is 2.14 bits per heavy atom. The molecule has 1 N–H and O–H groups in total. The van der Waals surface area contributed by atoms with Crippen LogP contribution in [0.5, 0.6) is 5.75 Å². The van der Waals surface area contributed by atoms with Crippen LogP contribution in [0.2, 0.25) is 0 Å². The van der Waals surface area contributed by atoms with Gasteiger partial charge in [-0.05, 0) is 78.2 Å². The number of aromatic nitrogens is 4. The summed E-state index contributed by atoms with van der Waals surface area (Å²) in [6.07, 6.45) is 3.82. The lowest BCUT2D eigenvalue weighted by Crippen LogP contribution is -2.16. The maximum absolute atomic E-state index is 12.5. The fourth-order valence-electron chi connectivity index (χ4n) is 3.13. The minimum Gasteiger partial charge on any atom is -0.491 e. The molecule has 0 aliphatic carbocycles. The lowest BCUT2D eigenvalue weighted by molar-refractivity contribution is 0.0679. The van der Waals surface area contributed by atoms with Gasteiger partial charge in [0.15, 0.2) is 0 Å². The van der Waals surface area contributed by atoms with Crippen molar-refractivity contribution in [2.24, 2.45) is 0 Å². The quantitative estimate of drug-likeness (QED) is 0.708. The van der Waals surface area contributed by atoms with E-state index in [1.54, 1.807) is 28.9 Å². The summed E-state index contributed by atoms with van der Waals surface area (Å²) in [6, 6.07) is 12.7. The summed E-state index contributed by atoms with van der Waals surface area (Å²) in [7, 11) is 0. The second-order valence-corrected chi connectivity index (χ2v) is 6.68. The molecule has 1 aliphatic heterocycles. The van der Waals surface area contributed by atoms with Crippen LogP contribution in [0.25, 0.3) is 5.69 Å². The molecule has 8 heteroatoms. The number of carbonyl (C=O) groups is 1. The Morgan fingerprint density at radius 1 is 1.29 bits per heavy atom. The molecule has 0 radical (unpaired) electrons. The van der Waals surface area contributed by atoms with Gasteiger partial charge >= 0.3 is 0 Å². The van der Waals surface area contributed by atoms with Crippen LogP contribution in [0, 0.1) is 6.92 Å². The molecule has 1 aromatic heterocycles. The number of hydrogen-bond donors (Lipinski definition) is 1. The molecule has 0 spiro atoms. The molecule has 3 aromatic rings. The number of nitrogens with one attached hydrogen (secondary N) is 1. The predicted molar refractivity (Wildman–Crippen MR) is 103 cm³/mol. The largest absolute Gasteiger partial charge is 0.491 e. The first-order valence-corrected chi connectivity index (χ1v) is 9.19. The Balaban J connectivity index is 1.37. The highest BCUT2D eigenvalue weighted by Gasteiger charge is 2.16. The van der Waals surface area contributed by atoms with Crippen LogP contribution < -0.4 is 10.1 Å². The molecule has 1 saturated heterocycles. The van der Waals surface area contributed by atoms with Crippen molar-refractivity contribution in [1.82, 2.24) is 20.2 Å². The fraction of sp³-hybridized carbons (Fsp3) is 0.300. The second kappa shape index (κ2) is 8.18. The summed E-state index contributed by atoms with van der Waals surface area (Å²) in [4.78, 5) is 12.5. The molecule has 8 nitrogen and oxygen atoms in total. The first kappa shape index (κ1) is 18.1. The molecule has 0 saturated carbocycles. The van der Waals surface area contributed by atoms with Crippen LogP contribution in [-0.4, -0.2) is 45.4 Å². The van der Waals surface area contributed by atoms with Crippen LogP contribution in [0.15, 0.2) is 48.8 Å². The van der Waals surface area contributed by atoms with Crippen molar-refractivity contribution in [2.45, 2.75) is 25.9 Å². The zero-order chi connectivity index (χ0) is 19.3. The SMILES string of the molecule is Cc1cc(NC(=O)c2ccc(OCC3CCCO3)cc2)ccc1-n1cnnn1. The lowest BCUT2D eigenvalue weighted by atomic mass is 10.1. The summed E-state index contributed by atoms with van der Waals surface area (Å²) in [6.45, 7) is 3.29. The van der Waals surface area contributed by atoms with Gasteiger partial charge in [0, 0.05) is 17.9 Å². The molecular weight excluding hydrogens is 358 g/mol. The molecule has 144 valence electrons. The fourth-order valence-corrected chi connectivity index (χ4v) is 3.13. The Bertz CT molecular complexity index is 935. The predicted octanol–water partition coefficient (Wildman–Crippen LogP) is 2.78. The van der Waals surface area contributed by atoms with Crippen molar-refractivity contribution in [2.75, 3.05) is 18.5 Å². The molecule has 1 aliphatic rings. The smallest absolute Gasteiger partial charge is 0.255 e. The lowest BCUT2D eigenvalue weighted by Gasteiger charge is -2.12. The number of benzene rings is 2. The maximum atomic E-state index is 12.5. The highest BCUT2D eigenvalue weighted by Crippen LogP contribution is 2.20. The average Bonchev–Trinajstić information content (AvgIpc) is 3.41. The Hall–Kier alpha value is -3.26. The van der Waals surface area contributed by atoms with Gasteiger partial charge in [-0.3, -0.25) is 4.79 Å². The standard InChI is InChI=1S/C20H21N5O3/c1-14-11-16(6-9-19(14)25-13-21-23-24-25)22-20(26)15-4-7-17(8-5-15)28-12-18-3-2-10-27-18/h4-9,11,13,18H,2-3,10,12H2,1H3,(H,22,26). The van der Waals surface area contributed by atoms with E-state index in [9.17, 15) is 4.79 Å². The summed E-state index contributed by atoms with van der Waals surface area (Å²) < 4.78 is 12.9. The topological polar surface area (TPSA) is 91.2 Å². The van der Waals surface area contributed by atoms with E-state index in [1.165, 1.54) is 6.33 Å². The van der Waals surface area contributed by atoms with E-state index in [-0.39, 0.29) is 12.0 Å². The molecular formula is C20H21N5O3. The van der Waals surface area contributed by atoms with Crippen molar-refractivity contribution in [3.05, 3.63) is 59.9 Å². The number of tetrazole rings is 1. The summed E-state index contributed by atoms with van der Waals surface area (Å²) in [5.74, 6) is 0.550. The molecule has 4 rings (SSSR count). The first-order valence-electron chi connectivity index (χ1n) is 9.19. The molecule has 1 amide bonds. The van der Waals surface area contributed by atoms with Gasteiger partial charge in [-0.1, -0.05) is 0 Å². The van der Waals surface area contributed by atoms with Gasteiger partial charge in [0.25, 0.3) is 5.91 Å². The van der Waals surface area contributed by atoms with Gasteiger partial charge in [0.05, 0.1) is 11.8 Å². The van der Waals surface area contributed by atoms with Crippen LogP contribution in [0.1, 0.15) is 28.8 Å². The number of carbonyl (C=O) groups excluding carboxylic acids is 1. The van der Waals surface area contributed by atoms with E-state index in [0.29, 0.717) is 17.9 Å². The Morgan fingerprint density at radius 3 is 2.82 bits per heavy atom. The number of amides is 1. The number of nitrogens with zero attached hydrogens (tertiary/aromatic N) is 4. The van der Waals surface area contributed by atoms with Gasteiger partial charge < -0.3 is 14.8 Å². The van der Waals surface area contributed by atoms with E-state index in [2.05, 4.69) is 20.8 Å². The van der Waals surface area contributed by atoms with Crippen molar-refractivity contribution < 1.29 is 14.3 Å². The minimum absolute atomic E-state index is 0.169. The molecule has 2 aromatic carbocycles. The minimum atomic E-state index is -0.180.